The minimum atomic E-state index is -0.521. The average Bonchev–Trinajstić information content (AvgIpc) is 3.44. The summed E-state index contributed by atoms with van der Waals surface area (Å²) in [6.07, 6.45) is 31.5. The van der Waals surface area contributed by atoms with Gasteiger partial charge in [0.15, 0.2) is 6.61 Å². The lowest BCUT2D eigenvalue weighted by Gasteiger charge is -2.58. The van der Waals surface area contributed by atoms with Gasteiger partial charge in [0.1, 0.15) is 6.10 Å². The first-order valence-electron chi connectivity index (χ1n) is 21.5. The Kier molecular flexibility index (Phi) is 13.7. The summed E-state index contributed by atoms with van der Waals surface area (Å²) < 4.78 is 11.2. The van der Waals surface area contributed by atoms with E-state index in [0.717, 1.165) is 65.9 Å². The second kappa shape index (κ2) is 17.5. The Bertz CT molecular complexity index is 1510. The van der Waals surface area contributed by atoms with Crippen LogP contribution in [0.5, 0.6) is 0 Å². The number of carbonyl (C=O) groups excluding carboxylic acids is 2. The second-order valence-corrected chi connectivity index (χ2v) is 19.7. The summed E-state index contributed by atoms with van der Waals surface area (Å²) in [6, 6.07) is 0. The van der Waals surface area contributed by atoms with Crippen molar-refractivity contribution in [2.45, 2.75) is 165 Å². The summed E-state index contributed by atoms with van der Waals surface area (Å²) in [5.41, 5.74) is 7.29. The van der Waals surface area contributed by atoms with Gasteiger partial charge >= 0.3 is 11.9 Å². The van der Waals surface area contributed by atoms with E-state index >= 15 is 0 Å². The van der Waals surface area contributed by atoms with E-state index in [1.807, 2.05) is 25.2 Å². The maximum atomic E-state index is 12.8. The van der Waals surface area contributed by atoms with Crippen LogP contribution in [0.2, 0.25) is 0 Å². The topological polar surface area (TPSA) is 52.6 Å². The monoisotopic (exact) mass is 727 g/mol. The first-order valence-corrected chi connectivity index (χ1v) is 21.5. The number of fused-ring (bicyclic) bond motifs is 5. The largest absolute Gasteiger partial charge is 0.460 e. The van der Waals surface area contributed by atoms with E-state index < -0.39 is 11.9 Å². The van der Waals surface area contributed by atoms with Crippen LogP contribution in [0, 0.1) is 51.8 Å². The van der Waals surface area contributed by atoms with Crippen LogP contribution >= 0.6 is 0 Å². The van der Waals surface area contributed by atoms with E-state index in [0.29, 0.717) is 5.41 Å². The molecule has 0 aromatic heterocycles. The Morgan fingerprint density at radius 1 is 0.925 bits per heavy atom. The summed E-state index contributed by atoms with van der Waals surface area (Å²) in [4.78, 5) is 25.4. The highest BCUT2D eigenvalue weighted by Crippen LogP contribution is 2.67. The SMILES string of the molecule is CC1=C(/C=C/C(C)=C/C=C/C(C)=C/C(=O)OCC(=O)O[C@H]2CC[C@@]3(C)C(=CC[C@H]4[C@@H]5CC[C@H]([C@H](C)CCCC(C)C)[C@@]5(C)CC[C@@H]43)C2)C(C)(C)CCC1. The lowest BCUT2D eigenvalue weighted by atomic mass is 9.47. The standard InChI is InChI=1S/C49H74O4/c1-33(2)14-11-17-37(6)42-23-24-43-40-21-20-38-31-39(25-28-48(38,9)44(40)26-29-49(42,43)10)53-46(51)32-52-45(50)30-35(4)16-12-15-34(3)19-22-41-36(5)18-13-27-47(41,7)8/h12,15-16,19-20,22,30,33,37,39-40,42-44H,11,13-14,17-18,21,23-29,31-32H2,1-10H3/b16-12+,22-19+,34-15+,35-30+/t37-,39+,40+,42-,43+,44+,48+,49-/m1/s1. The molecule has 4 heteroatoms. The van der Waals surface area contributed by atoms with Crippen LogP contribution in [0.4, 0.5) is 0 Å². The van der Waals surface area contributed by atoms with Crippen LogP contribution in [0.3, 0.4) is 0 Å². The zero-order chi connectivity index (χ0) is 38.6. The highest BCUT2D eigenvalue weighted by atomic mass is 16.6. The fourth-order valence-electron chi connectivity index (χ4n) is 12.0. The summed E-state index contributed by atoms with van der Waals surface area (Å²) in [7, 11) is 0. The maximum Gasteiger partial charge on any atom is 0.344 e. The van der Waals surface area contributed by atoms with Crippen molar-refractivity contribution in [1.82, 2.24) is 0 Å². The molecule has 0 aliphatic heterocycles. The van der Waals surface area contributed by atoms with Crippen LogP contribution < -0.4 is 0 Å². The zero-order valence-corrected chi connectivity index (χ0v) is 35.3. The normalized spacial score (nSPS) is 33.8. The van der Waals surface area contributed by atoms with Gasteiger partial charge in [-0.2, -0.15) is 0 Å². The van der Waals surface area contributed by atoms with Crippen LogP contribution in [-0.2, 0) is 19.1 Å². The molecule has 5 rings (SSSR count). The molecule has 0 spiro atoms. The van der Waals surface area contributed by atoms with Crippen molar-refractivity contribution in [3.05, 3.63) is 70.4 Å². The van der Waals surface area contributed by atoms with Crippen molar-refractivity contribution >= 4 is 11.9 Å². The minimum Gasteiger partial charge on any atom is -0.460 e. The fraction of sp³-hybridized carbons (Fsp3) is 0.714. The third kappa shape index (κ3) is 9.80. The number of hydrogen-bond donors (Lipinski definition) is 0. The minimum absolute atomic E-state index is 0.137. The van der Waals surface area contributed by atoms with E-state index in [-0.39, 0.29) is 23.5 Å². The molecule has 53 heavy (non-hydrogen) atoms. The number of esters is 2. The van der Waals surface area contributed by atoms with Crippen molar-refractivity contribution in [3.63, 3.8) is 0 Å². The molecule has 0 aromatic carbocycles. The molecular formula is C49H74O4. The Labute approximate surface area is 324 Å². The average molecular weight is 727 g/mol. The molecule has 8 atom stereocenters. The number of hydrogen-bond acceptors (Lipinski definition) is 4. The second-order valence-electron chi connectivity index (χ2n) is 19.7. The zero-order valence-electron chi connectivity index (χ0n) is 35.3. The fourth-order valence-corrected chi connectivity index (χ4v) is 12.0. The molecule has 0 heterocycles. The van der Waals surface area contributed by atoms with Crippen molar-refractivity contribution in [3.8, 4) is 0 Å². The molecule has 5 aliphatic carbocycles. The molecule has 0 N–H and O–H groups in total. The van der Waals surface area contributed by atoms with Crippen LogP contribution in [0.25, 0.3) is 0 Å². The van der Waals surface area contributed by atoms with E-state index in [4.69, 9.17) is 9.47 Å². The molecule has 294 valence electrons. The summed E-state index contributed by atoms with van der Waals surface area (Å²) in [6.45, 7) is 23.0. The third-order valence-corrected chi connectivity index (χ3v) is 15.0. The van der Waals surface area contributed by atoms with Gasteiger partial charge in [-0.15, -0.1) is 0 Å². The lowest BCUT2D eigenvalue weighted by molar-refractivity contribution is -0.161. The molecule has 0 aromatic rings. The van der Waals surface area contributed by atoms with Gasteiger partial charge in [0.25, 0.3) is 0 Å². The summed E-state index contributed by atoms with van der Waals surface area (Å²) in [5, 5.41) is 0. The number of rotatable bonds is 13. The Morgan fingerprint density at radius 2 is 1.70 bits per heavy atom. The Balaban J connectivity index is 1.08. The van der Waals surface area contributed by atoms with E-state index in [2.05, 4.69) is 80.5 Å². The van der Waals surface area contributed by atoms with Crippen LogP contribution in [0.1, 0.15) is 159 Å². The first kappa shape index (κ1) is 41.5. The van der Waals surface area contributed by atoms with Gasteiger partial charge in [0, 0.05) is 12.5 Å². The smallest absolute Gasteiger partial charge is 0.344 e. The molecule has 0 bridgehead atoms. The predicted octanol–water partition coefficient (Wildman–Crippen LogP) is 13.0. The summed E-state index contributed by atoms with van der Waals surface area (Å²) in [5.74, 6) is 3.91. The first-order chi connectivity index (χ1) is 25.0. The number of allylic oxidation sites excluding steroid dienone is 10. The molecule has 5 aliphatic rings. The van der Waals surface area contributed by atoms with Crippen molar-refractivity contribution in [1.29, 1.82) is 0 Å². The molecular weight excluding hydrogens is 653 g/mol. The molecule has 0 saturated heterocycles. The Morgan fingerprint density at radius 3 is 2.43 bits per heavy atom. The van der Waals surface area contributed by atoms with Crippen LogP contribution in [-0.4, -0.2) is 24.6 Å². The Hall–Kier alpha value is -2.62. The quantitative estimate of drug-likeness (QED) is 0.0821. The molecule has 0 amide bonds. The van der Waals surface area contributed by atoms with Gasteiger partial charge in [-0.05, 0) is 148 Å². The molecule has 3 fully saturated rings. The lowest BCUT2D eigenvalue weighted by Crippen LogP contribution is -2.51. The van der Waals surface area contributed by atoms with Crippen molar-refractivity contribution < 1.29 is 19.1 Å². The van der Waals surface area contributed by atoms with Crippen LogP contribution in [0.15, 0.2) is 70.4 Å². The van der Waals surface area contributed by atoms with E-state index in [9.17, 15) is 9.59 Å². The van der Waals surface area contributed by atoms with Gasteiger partial charge in [-0.3, -0.25) is 0 Å². The van der Waals surface area contributed by atoms with Crippen molar-refractivity contribution in [2.24, 2.45) is 51.8 Å². The summed E-state index contributed by atoms with van der Waals surface area (Å²) >= 11 is 0. The van der Waals surface area contributed by atoms with Crippen molar-refractivity contribution in [2.75, 3.05) is 6.61 Å². The molecule has 4 nitrogen and oxygen atoms in total. The van der Waals surface area contributed by atoms with E-state index in [1.54, 1.807) is 0 Å². The predicted molar refractivity (Wildman–Crippen MR) is 220 cm³/mol. The highest BCUT2D eigenvalue weighted by molar-refractivity contribution is 5.85. The number of carbonyl (C=O) groups is 2. The van der Waals surface area contributed by atoms with Gasteiger partial charge in [-0.1, -0.05) is 121 Å². The molecule has 0 radical (unpaired) electrons. The maximum absolute atomic E-state index is 12.8. The molecule has 0 unspecified atom stereocenters. The van der Waals surface area contributed by atoms with Gasteiger partial charge in [-0.25, -0.2) is 9.59 Å². The van der Waals surface area contributed by atoms with E-state index in [1.165, 1.54) is 93.4 Å². The number of ether oxygens (including phenoxy) is 2. The van der Waals surface area contributed by atoms with Gasteiger partial charge in [0.2, 0.25) is 0 Å². The van der Waals surface area contributed by atoms with Gasteiger partial charge in [0.05, 0.1) is 0 Å². The third-order valence-electron chi connectivity index (χ3n) is 15.0. The molecule has 3 saturated carbocycles. The van der Waals surface area contributed by atoms with Gasteiger partial charge < -0.3 is 9.47 Å². The highest BCUT2D eigenvalue weighted by Gasteiger charge is 2.59.